The molecule has 5 nitrogen and oxygen atoms in total. The number of fused-ring (bicyclic) bond motifs is 1. The number of carbonyl (C=O) groups excluding carboxylic acids is 1. The Hall–Kier alpha value is -1.72. The second kappa shape index (κ2) is 8.78. The van der Waals surface area contributed by atoms with Crippen LogP contribution in [0.15, 0.2) is 23.3 Å². The molecule has 0 aliphatic carbocycles. The Labute approximate surface area is 160 Å². The average molecular weight is 378 g/mol. The predicted molar refractivity (Wildman–Crippen MR) is 107 cm³/mol. The van der Waals surface area contributed by atoms with Gasteiger partial charge in [-0.25, -0.2) is 4.98 Å². The number of aryl methyl sites for hydroxylation is 1. The monoisotopic (exact) mass is 377 g/mol. The number of hydrogen-bond acceptors (Lipinski definition) is 4. The number of halogens is 1. The van der Waals surface area contributed by atoms with Crippen LogP contribution in [0.3, 0.4) is 0 Å². The second-order valence-corrected chi connectivity index (χ2v) is 7.46. The molecule has 2 aromatic rings. The number of Topliss-reactive ketones (excluding diaryl/α,β-unsaturated/α-hetero) is 1. The molecule has 1 aromatic carbocycles. The standard InChI is InChI=1S/C20H27N3O2.ClH/c1-13(2)15-8-14(3)19-18(9-15)20(25)23(12-22-19)11-17(24)10-16-6-4-5-7-21-16;/h8-9,12-13,16,21H,4-7,10-11H2,1-3H3;1H/t16-;/m0./s1. The molecule has 6 heteroatoms. The fourth-order valence-electron chi connectivity index (χ4n) is 3.55. The summed E-state index contributed by atoms with van der Waals surface area (Å²) in [6.07, 6.45) is 5.37. The summed E-state index contributed by atoms with van der Waals surface area (Å²) in [5.74, 6) is 0.426. The Balaban J connectivity index is 0.00000243. The normalized spacial score (nSPS) is 17.3. The van der Waals surface area contributed by atoms with E-state index >= 15 is 0 Å². The number of ketones is 1. The van der Waals surface area contributed by atoms with Crippen LogP contribution in [0.25, 0.3) is 10.9 Å². The van der Waals surface area contributed by atoms with Gasteiger partial charge < -0.3 is 5.32 Å². The van der Waals surface area contributed by atoms with Crippen molar-refractivity contribution in [1.82, 2.24) is 14.9 Å². The lowest BCUT2D eigenvalue weighted by molar-refractivity contribution is -0.120. The third-order valence-corrected chi connectivity index (χ3v) is 5.04. The van der Waals surface area contributed by atoms with E-state index in [1.807, 2.05) is 13.0 Å². The molecule has 3 rings (SSSR count). The SMILES string of the molecule is Cc1cc(C(C)C)cc2c(=O)n(CC(=O)C[C@@H]3CCCCN3)cnc12.Cl. The van der Waals surface area contributed by atoms with Crippen LogP contribution in [0.1, 0.15) is 56.6 Å². The molecule has 0 radical (unpaired) electrons. The Kier molecular flexibility index (Phi) is 6.95. The van der Waals surface area contributed by atoms with Gasteiger partial charge in [-0.2, -0.15) is 0 Å². The largest absolute Gasteiger partial charge is 0.314 e. The number of nitrogens with one attached hydrogen (secondary N) is 1. The second-order valence-electron chi connectivity index (χ2n) is 7.46. The molecule has 1 atom stereocenters. The molecule has 142 valence electrons. The fourth-order valence-corrected chi connectivity index (χ4v) is 3.55. The molecule has 1 aliphatic heterocycles. The number of piperidine rings is 1. The molecular weight excluding hydrogens is 350 g/mol. The average Bonchev–Trinajstić information content (AvgIpc) is 2.58. The van der Waals surface area contributed by atoms with Crippen LogP contribution in [0.5, 0.6) is 0 Å². The summed E-state index contributed by atoms with van der Waals surface area (Å²) in [5.41, 5.74) is 2.73. The third kappa shape index (κ3) is 4.51. The maximum absolute atomic E-state index is 12.8. The van der Waals surface area contributed by atoms with Crippen molar-refractivity contribution >= 4 is 29.1 Å². The van der Waals surface area contributed by atoms with Crippen LogP contribution >= 0.6 is 12.4 Å². The van der Waals surface area contributed by atoms with Crippen LogP contribution in [-0.2, 0) is 11.3 Å². The molecule has 1 aliphatic rings. The zero-order valence-corrected chi connectivity index (χ0v) is 16.6. The molecule has 0 amide bonds. The van der Waals surface area contributed by atoms with Gasteiger partial charge in [0.15, 0.2) is 5.78 Å². The Morgan fingerprint density at radius 1 is 1.35 bits per heavy atom. The van der Waals surface area contributed by atoms with E-state index in [1.54, 1.807) is 0 Å². The van der Waals surface area contributed by atoms with E-state index in [1.165, 1.54) is 23.7 Å². The van der Waals surface area contributed by atoms with Crippen molar-refractivity contribution in [2.24, 2.45) is 0 Å². The van der Waals surface area contributed by atoms with Crippen LogP contribution in [0, 0.1) is 6.92 Å². The van der Waals surface area contributed by atoms with Gasteiger partial charge in [0, 0.05) is 12.5 Å². The summed E-state index contributed by atoms with van der Waals surface area (Å²) in [6, 6.07) is 4.26. The quantitative estimate of drug-likeness (QED) is 0.867. The molecule has 26 heavy (non-hydrogen) atoms. The molecule has 1 saturated heterocycles. The first kappa shape index (κ1) is 20.6. The van der Waals surface area contributed by atoms with Gasteiger partial charge in [0.1, 0.15) is 0 Å². The van der Waals surface area contributed by atoms with E-state index in [0.717, 1.165) is 29.6 Å². The highest BCUT2D eigenvalue weighted by atomic mass is 35.5. The molecule has 1 aromatic heterocycles. The highest BCUT2D eigenvalue weighted by molar-refractivity contribution is 5.85. The van der Waals surface area contributed by atoms with Crippen molar-refractivity contribution in [3.8, 4) is 0 Å². The molecule has 1 fully saturated rings. The van der Waals surface area contributed by atoms with E-state index in [-0.39, 0.29) is 36.3 Å². The predicted octanol–water partition coefficient (Wildman–Crippen LogP) is 3.35. The molecule has 0 bridgehead atoms. The minimum atomic E-state index is -0.124. The zero-order chi connectivity index (χ0) is 18.0. The Morgan fingerprint density at radius 3 is 2.77 bits per heavy atom. The molecule has 0 spiro atoms. The van der Waals surface area contributed by atoms with Crippen molar-refractivity contribution in [3.05, 3.63) is 39.9 Å². The maximum Gasteiger partial charge on any atom is 0.261 e. The van der Waals surface area contributed by atoms with Gasteiger partial charge in [-0.05, 0) is 49.4 Å². The lowest BCUT2D eigenvalue weighted by Crippen LogP contribution is -2.37. The van der Waals surface area contributed by atoms with Crippen LogP contribution in [0.4, 0.5) is 0 Å². The minimum Gasteiger partial charge on any atom is -0.314 e. The number of aromatic nitrogens is 2. The summed E-state index contributed by atoms with van der Waals surface area (Å²) in [7, 11) is 0. The van der Waals surface area contributed by atoms with Crippen LogP contribution in [-0.4, -0.2) is 27.9 Å². The first-order valence-electron chi connectivity index (χ1n) is 9.20. The van der Waals surface area contributed by atoms with Crippen molar-refractivity contribution in [2.75, 3.05) is 6.54 Å². The topological polar surface area (TPSA) is 64.0 Å². The smallest absolute Gasteiger partial charge is 0.261 e. The van der Waals surface area contributed by atoms with Gasteiger partial charge in [-0.15, -0.1) is 12.4 Å². The van der Waals surface area contributed by atoms with Crippen LogP contribution in [0.2, 0.25) is 0 Å². The first-order valence-corrected chi connectivity index (χ1v) is 9.20. The van der Waals surface area contributed by atoms with Crippen LogP contribution < -0.4 is 10.9 Å². The van der Waals surface area contributed by atoms with E-state index in [0.29, 0.717) is 17.7 Å². The minimum absolute atomic E-state index is 0. The van der Waals surface area contributed by atoms with Gasteiger partial charge in [0.05, 0.1) is 23.8 Å². The molecular formula is C20H28ClN3O2. The first-order chi connectivity index (χ1) is 12.0. The van der Waals surface area contributed by atoms with Gasteiger partial charge in [-0.1, -0.05) is 26.3 Å². The highest BCUT2D eigenvalue weighted by Crippen LogP contribution is 2.21. The van der Waals surface area contributed by atoms with Crippen molar-refractivity contribution < 1.29 is 4.79 Å². The maximum atomic E-state index is 12.8. The zero-order valence-electron chi connectivity index (χ0n) is 15.7. The fraction of sp³-hybridized carbons (Fsp3) is 0.550. The van der Waals surface area contributed by atoms with Crippen molar-refractivity contribution in [1.29, 1.82) is 0 Å². The Bertz CT molecular complexity index is 839. The van der Waals surface area contributed by atoms with Gasteiger partial charge in [0.2, 0.25) is 0 Å². The number of hydrogen-bond donors (Lipinski definition) is 1. The molecule has 0 saturated carbocycles. The number of benzene rings is 1. The van der Waals surface area contributed by atoms with Crippen molar-refractivity contribution in [3.63, 3.8) is 0 Å². The molecule has 1 N–H and O–H groups in total. The van der Waals surface area contributed by atoms with E-state index < -0.39 is 0 Å². The number of nitrogens with zero attached hydrogens (tertiary/aromatic N) is 2. The summed E-state index contributed by atoms with van der Waals surface area (Å²) in [5, 5.41) is 3.99. The van der Waals surface area contributed by atoms with Gasteiger partial charge >= 0.3 is 0 Å². The number of carbonyl (C=O) groups is 1. The van der Waals surface area contributed by atoms with E-state index in [9.17, 15) is 9.59 Å². The Morgan fingerprint density at radius 2 is 2.12 bits per heavy atom. The third-order valence-electron chi connectivity index (χ3n) is 5.04. The van der Waals surface area contributed by atoms with E-state index in [2.05, 4.69) is 30.2 Å². The van der Waals surface area contributed by atoms with Gasteiger partial charge in [0.25, 0.3) is 5.56 Å². The van der Waals surface area contributed by atoms with Gasteiger partial charge in [-0.3, -0.25) is 14.2 Å². The summed E-state index contributed by atoms with van der Waals surface area (Å²) < 4.78 is 1.46. The summed E-state index contributed by atoms with van der Waals surface area (Å²) in [4.78, 5) is 29.7. The van der Waals surface area contributed by atoms with Crippen molar-refractivity contribution in [2.45, 2.75) is 65.0 Å². The highest BCUT2D eigenvalue weighted by Gasteiger charge is 2.17. The molecule has 0 unspecified atom stereocenters. The number of rotatable bonds is 5. The van der Waals surface area contributed by atoms with E-state index in [4.69, 9.17) is 0 Å². The summed E-state index contributed by atoms with van der Waals surface area (Å²) >= 11 is 0. The molecule has 2 heterocycles. The summed E-state index contributed by atoms with van der Waals surface area (Å²) in [6.45, 7) is 7.27. The lowest BCUT2D eigenvalue weighted by Gasteiger charge is -2.22. The lowest BCUT2D eigenvalue weighted by atomic mass is 9.98.